The summed E-state index contributed by atoms with van der Waals surface area (Å²) in [6.45, 7) is 3.70. The first-order valence-electron chi connectivity index (χ1n) is 10.5. The quantitative estimate of drug-likeness (QED) is 0.429. The molecule has 2 aromatic carbocycles. The van der Waals surface area contributed by atoms with Gasteiger partial charge >= 0.3 is 0 Å². The van der Waals surface area contributed by atoms with Crippen molar-refractivity contribution in [3.8, 4) is 11.1 Å². The van der Waals surface area contributed by atoms with Gasteiger partial charge < -0.3 is 15.4 Å². The second kappa shape index (κ2) is 8.73. The number of nitrogens with one attached hydrogen (secondary N) is 2. The Morgan fingerprint density at radius 1 is 1.19 bits per heavy atom. The number of aromatic nitrogens is 4. The smallest absolute Gasteiger partial charge is 0.253 e. The summed E-state index contributed by atoms with van der Waals surface area (Å²) in [4.78, 5) is 20.3. The van der Waals surface area contributed by atoms with E-state index in [1.807, 2.05) is 45.4 Å². The molecule has 0 aliphatic heterocycles. The maximum atomic E-state index is 12.9. The van der Waals surface area contributed by atoms with Crippen LogP contribution in [0.1, 0.15) is 41.8 Å². The summed E-state index contributed by atoms with van der Waals surface area (Å²) >= 11 is 0. The minimum Gasteiger partial charge on any atom is -0.391 e. The van der Waals surface area contributed by atoms with E-state index in [1.165, 1.54) is 0 Å². The van der Waals surface area contributed by atoms with Gasteiger partial charge in [0.1, 0.15) is 5.52 Å². The Morgan fingerprint density at radius 2 is 1.97 bits per heavy atom. The van der Waals surface area contributed by atoms with Gasteiger partial charge in [0, 0.05) is 18.8 Å². The molecule has 3 N–H and O–H groups in total. The standard InChI is InChI=1S/C24H27N5O2/c1-4-22(30)15(2)28-24(31)20-10-17(11-21-23(20)26-14-25-21)9-16-5-7-18(8-6-16)19-12-27-29(3)13-19/h5-8,10-15,22,30H,4,9H2,1-3H3,(H,25,26)(H,28,31)/t15-,22-/m1/s1. The predicted octanol–water partition coefficient (Wildman–Crippen LogP) is 3.44. The molecule has 4 aromatic rings. The van der Waals surface area contributed by atoms with E-state index in [4.69, 9.17) is 0 Å². The summed E-state index contributed by atoms with van der Waals surface area (Å²) in [6.07, 6.45) is 6.12. The molecule has 0 aliphatic rings. The van der Waals surface area contributed by atoms with Crippen LogP contribution < -0.4 is 5.32 Å². The lowest BCUT2D eigenvalue weighted by molar-refractivity contribution is 0.0847. The van der Waals surface area contributed by atoms with Crippen LogP contribution in [0.3, 0.4) is 0 Å². The first-order valence-corrected chi connectivity index (χ1v) is 10.5. The van der Waals surface area contributed by atoms with Crippen molar-refractivity contribution < 1.29 is 9.90 Å². The molecule has 0 fully saturated rings. The Labute approximate surface area is 181 Å². The SMILES string of the molecule is CC[C@@H](O)[C@@H](C)NC(=O)c1cc(Cc2ccc(-c3cnn(C)c3)cc2)cc2[nH]cnc12. The van der Waals surface area contributed by atoms with Crippen molar-refractivity contribution in [2.75, 3.05) is 0 Å². The van der Waals surface area contributed by atoms with Crippen LogP contribution in [-0.4, -0.2) is 42.9 Å². The third kappa shape index (κ3) is 4.51. The summed E-state index contributed by atoms with van der Waals surface area (Å²) in [5, 5.41) is 17.1. The number of carbonyl (C=O) groups is 1. The molecule has 160 valence electrons. The molecule has 2 heterocycles. The fourth-order valence-corrected chi connectivity index (χ4v) is 3.74. The van der Waals surface area contributed by atoms with E-state index in [0.717, 1.165) is 27.8 Å². The number of aliphatic hydroxyl groups excluding tert-OH is 1. The van der Waals surface area contributed by atoms with Gasteiger partial charge in [0.2, 0.25) is 0 Å². The van der Waals surface area contributed by atoms with Crippen molar-refractivity contribution >= 4 is 16.9 Å². The third-order valence-corrected chi connectivity index (χ3v) is 5.58. The van der Waals surface area contributed by atoms with Crippen molar-refractivity contribution in [1.82, 2.24) is 25.1 Å². The van der Waals surface area contributed by atoms with Crippen molar-refractivity contribution in [1.29, 1.82) is 0 Å². The van der Waals surface area contributed by atoms with E-state index in [2.05, 4.69) is 44.6 Å². The van der Waals surface area contributed by atoms with Gasteiger partial charge in [0.05, 0.1) is 35.8 Å². The van der Waals surface area contributed by atoms with Crippen molar-refractivity contribution in [3.05, 3.63) is 71.8 Å². The fraction of sp³-hybridized carbons (Fsp3) is 0.292. The third-order valence-electron chi connectivity index (χ3n) is 5.58. The number of aryl methyl sites for hydroxylation is 1. The second-order valence-electron chi connectivity index (χ2n) is 7.96. The predicted molar refractivity (Wildman–Crippen MR) is 121 cm³/mol. The number of imidazole rings is 1. The average Bonchev–Trinajstić information content (AvgIpc) is 3.41. The van der Waals surface area contributed by atoms with Crippen LogP contribution >= 0.6 is 0 Å². The van der Waals surface area contributed by atoms with Crippen LogP contribution in [0, 0.1) is 0 Å². The van der Waals surface area contributed by atoms with E-state index in [0.29, 0.717) is 23.9 Å². The number of carbonyl (C=O) groups excluding carboxylic acids is 1. The maximum Gasteiger partial charge on any atom is 0.253 e. The molecule has 7 heteroatoms. The molecule has 0 unspecified atom stereocenters. The second-order valence-corrected chi connectivity index (χ2v) is 7.96. The van der Waals surface area contributed by atoms with E-state index in [1.54, 1.807) is 11.0 Å². The highest BCUT2D eigenvalue weighted by Gasteiger charge is 2.19. The lowest BCUT2D eigenvalue weighted by Gasteiger charge is -2.19. The molecular formula is C24H27N5O2. The van der Waals surface area contributed by atoms with Crippen LogP contribution in [0.5, 0.6) is 0 Å². The minimum absolute atomic E-state index is 0.231. The topological polar surface area (TPSA) is 95.8 Å². The molecule has 1 amide bonds. The Bertz CT molecular complexity index is 1190. The minimum atomic E-state index is -0.583. The number of rotatable bonds is 7. The molecular weight excluding hydrogens is 390 g/mol. The monoisotopic (exact) mass is 417 g/mol. The highest BCUT2D eigenvalue weighted by Crippen LogP contribution is 2.23. The number of H-pyrrole nitrogens is 1. The first-order chi connectivity index (χ1) is 14.9. The molecule has 4 rings (SSSR count). The number of aliphatic hydroxyl groups is 1. The fourth-order valence-electron chi connectivity index (χ4n) is 3.74. The zero-order valence-corrected chi connectivity index (χ0v) is 18.0. The van der Waals surface area contributed by atoms with Crippen molar-refractivity contribution in [3.63, 3.8) is 0 Å². The molecule has 0 saturated heterocycles. The van der Waals surface area contributed by atoms with Gasteiger partial charge in [-0.15, -0.1) is 0 Å². The molecule has 2 atom stereocenters. The Balaban J connectivity index is 1.58. The van der Waals surface area contributed by atoms with Gasteiger partial charge in [0.15, 0.2) is 0 Å². The molecule has 0 saturated carbocycles. The van der Waals surface area contributed by atoms with Gasteiger partial charge in [-0.1, -0.05) is 31.2 Å². The molecule has 0 spiro atoms. The van der Waals surface area contributed by atoms with Crippen molar-refractivity contribution in [2.24, 2.45) is 7.05 Å². The van der Waals surface area contributed by atoms with Gasteiger partial charge in [0.25, 0.3) is 5.91 Å². The Morgan fingerprint density at radius 3 is 2.65 bits per heavy atom. The van der Waals surface area contributed by atoms with Crippen LogP contribution in [-0.2, 0) is 13.5 Å². The average molecular weight is 418 g/mol. The Hall–Kier alpha value is -3.45. The highest BCUT2D eigenvalue weighted by molar-refractivity contribution is 6.05. The van der Waals surface area contributed by atoms with Crippen LogP contribution in [0.4, 0.5) is 0 Å². The Kier molecular flexibility index (Phi) is 5.86. The molecule has 7 nitrogen and oxygen atoms in total. The lowest BCUT2D eigenvalue weighted by Crippen LogP contribution is -2.40. The zero-order chi connectivity index (χ0) is 22.0. The van der Waals surface area contributed by atoms with Crippen LogP contribution in [0.15, 0.2) is 55.1 Å². The van der Waals surface area contributed by atoms with Gasteiger partial charge in [-0.2, -0.15) is 5.10 Å². The summed E-state index contributed by atoms with van der Waals surface area (Å²) in [7, 11) is 1.90. The summed E-state index contributed by atoms with van der Waals surface area (Å²) in [5.74, 6) is -0.231. The summed E-state index contributed by atoms with van der Waals surface area (Å²) < 4.78 is 1.79. The van der Waals surface area contributed by atoms with E-state index >= 15 is 0 Å². The number of aromatic amines is 1. The van der Waals surface area contributed by atoms with Crippen LogP contribution in [0.25, 0.3) is 22.2 Å². The highest BCUT2D eigenvalue weighted by atomic mass is 16.3. The molecule has 0 aliphatic carbocycles. The first kappa shape index (κ1) is 20.8. The summed E-state index contributed by atoms with van der Waals surface area (Å²) in [6, 6.07) is 11.9. The van der Waals surface area contributed by atoms with Crippen LogP contribution in [0.2, 0.25) is 0 Å². The number of hydrogen-bond acceptors (Lipinski definition) is 4. The van der Waals surface area contributed by atoms with E-state index in [-0.39, 0.29) is 11.9 Å². The molecule has 2 aromatic heterocycles. The van der Waals surface area contributed by atoms with Gasteiger partial charge in [-0.05, 0) is 48.6 Å². The number of benzene rings is 2. The zero-order valence-electron chi connectivity index (χ0n) is 18.0. The van der Waals surface area contributed by atoms with E-state index < -0.39 is 6.10 Å². The largest absolute Gasteiger partial charge is 0.391 e. The number of fused-ring (bicyclic) bond motifs is 1. The van der Waals surface area contributed by atoms with Gasteiger partial charge in [-0.3, -0.25) is 9.48 Å². The normalized spacial score (nSPS) is 13.3. The number of hydrogen-bond donors (Lipinski definition) is 3. The number of amides is 1. The number of nitrogens with zero attached hydrogens (tertiary/aromatic N) is 3. The molecule has 0 bridgehead atoms. The van der Waals surface area contributed by atoms with Crippen molar-refractivity contribution in [2.45, 2.75) is 38.8 Å². The lowest BCUT2D eigenvalue weighted by atomic mass is 9.99. The van der Waals surface area contributed by atoms with E-state index in [9.17, 15) is 9.90 Å². The molecule has 31 heavy (non-hydrogen) atoms. The maximum absolute atomic E-state index is 12.9. The van der Waals surface area contributed by atoms with Gasteiger partial charge in [-0.25, -0.2) is 4.98 Å². The summed E-state index contributed by atoms with van der Waals surface area (Å²) in [5.41, 5.74) is 6.31. The molecule has 0 radical (unpaired) electrons.